The molecule has 0 amide bonds. The maximum Gasteiger partial charge on any atom is 0.309 e. The summed E-state index contributed by atoms with van der Waals surface area (Å²) in [5.41, 5.74) is 0.660. The molecule has 0 spiro atoms. The Kier molecular flexibility index (Phi) is 5.43. The predicted molar refractivity (Wildman–Crippen MR) is 94.8 cm³/mol. The number of hydrogen-bond acceptors (Lipinski definition) is 6. The molecule has 0 radical (unpaired) electrons. The molecule has 7 nitrogen and oxygen atoms in total. The van der Waals surface area contributed by atoms with Gasteiger partial charge in [0.2, 0.25) is 5.03 Å². The minimum atomic E-state index is -3.81. The van der Waals surface area contributed by atoms with Gasteiger partial charge in [-0.25, -0.2) is 13.4 Å². The van der Waals surface area contributed by atoms with Gasteiger partial charge < -0.3 is 9.15 Å². The summed E-state index contributed by atoms with van der Waals surface area (Å²) in [6.45, 7) is 4.22. The highest BCUT2D eigenvalue weighted by atomic mass is 32.2. The van der Waals surface area contributed by atoms with Crippen molar-refractivity contribution in [2.24, 2.45) is 5.92 Å². The third-order valence-electron chi connectivity index (χ3n) is 4.40. The van der Waals surface area contributed by atoms with E-state index in [9.17, 15) is 13.2 Å². The van der Waals surface area contributed by atoms with Gasteiger partial charge in [-0.1, -0.05) is 30.3 Å². The Labute approximate surface area is 153 Å². The number of carbonyl (C=O) groups excluding carboxylic acids is 1. The van der Waals surface area contributed by atoms with Gasteiger partial charge in [-0.2, -0.15) is 4.31 Å². The number of ether oxygens (including phenoxy) is 1. The molecule has 140 valence electrons. The molecular weight excluding hydrogens is 356 g/mol. The van der Waals surface area contributed by atoms with Crippen LogP contribution in [-0.4, -0.2) is 43.4 Å². The van der Waals surface area contributed by atoms with Gasteiger partial charge in [-0.15, -0.1) is 0 Å². The number of oxazole rings is 1. The van der Waals surface area contributed by atoms with Gasteiger partial charge in [-0.05, 0) is 19.8 Å². The first kappa shape index (κ1) is 18.6. The Morgan fingerprint density at radius 2 is 1.92 bits per heavy atom. The minimum absolute atomic E-state index is 0.0733. The fourth-order valence-electron chi connectivity index (χ4n) is 3.07. The summed E-state index contributed by atoms with van der Waals surface area (Å²) >= 11 is 0. The summed E-state index contributed by atoms with van der Waals surface area (Å²) < 4.78 is 38.1. The molecule has 1 aromatic heterocycles. The molecule has 1 saturated heterocycles. The van der Waals surface area contributed by atoms with E-state index in [2.05, 4.69) is 4.98 Å². The molecule has 26 heavy (non-hydrogen) atoms. The summed E-state index contributed by atoms with van der Waals surface area (Å²) in [4.78, 5) is 16.0. The summed E-state index contributed by atoms with van der Waals surface area (Å²) in [5.74, 6) is 0.0281. The molecule has 0 N–H and O–H groups in total. The van der Waals surface area contributed by atoms with Crippen molar-refractivity contribution in [3.8, 4) is 11.3 Å². The van der Waals surface area contributed by atoms with E-state index in [1.807, 2.05) is 18.2 Å². The van der Waals surface area contributed by atoms with E-state index in [-0.39, 0.29) is 35.8 Å². The van der Waals surface area contributed by atoms with Crippen LogP contribution in [0.3, 0.4) is 0 Å². The summed E-state index contributed by atoms with van der Waals surface area (Å²) in [6, 6.07) is 9.04. The Bertz CT molecular complexity index is 868. The number of rotatable bonds is 5. The van der Waals surface area contributed by atoms with Crippen molar-refractivity contribution < 1.29 is 22.4 Å². The van der Waals surface area contributed by atoms with Gasteiger partial charge in [0.1, 0.15) is 0 Å². The third kappa shape index (κ3) is 3.66. The van der Waals surface area contributed by atoms with Crippen LogP contribution in [0.25, 0.3) is 11.3 Å². The van der Waals surface area contributed by atoms with Gasteiger partial charge in [0.15, 0.2) is 11.7 Å². The number of sulfonamides is 1. The molecule has 1 aromatic carbocycles. The van der Waals surface area contributed by atoms with Gasteiger partial charge >= 0.3 is 5.97 Å². The second-order valence-electron chi connectivity index (χ2n) is 6.16. The number of nitrogens with zero attached hydrogens (tertiary/aromatic N) is 2. The van der Waals surface area contributed by atoms with E-state index in [1.165, 1.54) is 4.31 Å². The molecule has 8 heteroatoms. The summed E-state index contributed by atoms with van der Waals surface area (Å²) in [5, 5.41) is -0.0733. The summed E-state index contributed by atoms with van der Waals surface area (Å²) in [6.07, 6.45) is 0.880. The Morgan fingerprint density at radius 3 is 2.54 bits per heavy atom. The molecule has 0 aliphatic carbocycles. The van der Waals surface area contributed by atoms with Crippen molar-refractivity contribution in [1.29, 1.82) is 0 Å². The normalized spacial score (nSPS) is 16.5. The molecule has 0 saturated carbocycles. The SMILES string of the molecule is CCOC(=O)C1CCN(S(=O)(=O)c2nc(C)oc2-c2ccccc2)CC1. The zero-order valence-electron chi connectivity index (χ0n) is 14.8. The first-order valence-electron chi connectivity index (χ1n) is 8.63. The molecule has 1 fully saturated rings. The lowest BCUT2D eigenvalue weighted by Crippen LogP contribution is -2.40. The molecule has 1 aliphatic heterocycles. The highest BCUT2D eigenvalue weighted by Gasteiger charge is 2.36. The lowest BCUT2D eigenvalue weighted by Gasteiger charge is -2.29. The summed E-state index contributed by atoms with van der Waals surface area (Å²) in [7, 11) is -3.81. The topological polar surface area (TPSA) is 89.7 Å². The van der Waals surface area contributed by atoms with Crippen molar-refractivity contribution in [2.45, 2.75) is 31.7 Å². The highest BCUT2D eigenvalue weighted by molar-refractivity contribution is 7.89. The Morgan fingerprint density at radius 1 is 1.27 bits per heavy atom. The molecule has 1 aliphatic rings. The smallest absolute Gasteiger partial charge is 0.309 e. The molecule has 0 bridgehead atoms. The van der Waals surface area contributed by atoms with Gasteiger partial charge in [0, 0.05) is 25.6 Å². The van der Waals surface area contributed by atoms with Crippen LogP contribution in [0.5, 0.6) is 0 Å². The van der Waals surface area contributed by atoms with Crippen molar-refractivity contribution in [3.05, 3.63) is 36.2 Å². The highest BCUT2D eigenvalue weighted by Crippen LogP contribution is 2.32. The first-order chi connectivity index (χ1) is 12.4. The zero-order chi connectivity index (χ0) is 18.7. The number of esters is 1. The third-order valence-corrected chi connectivity index (χ3v) is 6.21. The van der Waals surface area contributed by atoms with Crippen molar-refractivity contribution >= 4 is 16.0 Å². The van der Waals surface area contributed by atoms with Crippen LogP contribution < -0.4 is 0 Å². The van der Waals surface area contributed by atoms with Gasteiger partial charge in [-0.3, -0.25) is 4.79 Å². The first-order valence-corrected chi connectivity index (χ1v) is 10.1. The van der Waals surface area contributed by atoms with Crippen LogP contribution in [-0.2, 0) is 19.6 Å². The fourth-order valence-corrected chi connectivity index (χ4v) is 4.64. The van der Waals surface area contributed by atoms with E-state index in [0.29, 0.717) is 30.9 Å². The Balaban J connectivity index is 1.83. The van der Waals surface area contributed by atoms with Gasteiger partial charge in [0.25, 0.3) is 10.0 Å². The average molecular weight is 378 g/mol. The molecule has 0 unspecified atom stereocenters. The number of aryl methyl sites for hydroxylation is 1. The minimum Gasteiger partial charge on any atom is -0.466 e. The van der Waals surface area contributed by atoms with E-state index in [1.54, 1.807) is 26.0 Å². The second-order valence-corrected chi connectivity index (χ2v) is 8.02. The van der Waals surface area contributed by atoms with Crippen molar-refractivity contribution in [1.82, 2.24) is 9.29 Å². The lowest BCUT2D eigenvalue weighted by atomic mass is 9.98. The number of benzene rings is 1. The number of hydrogen-bond donors (Lipinski definition) is 0. The van der Waals surface area contributed by atoms with E-state index < -0.39 is 10.0 Å². The van der Waals surface area contributed by atoms with Crippen LogP contribution in [0.2, 0.25) is 0 Å². The molecular formula is C18H22N2O5S. The molecule has 2 aromatic rings. The van der Waals surface area contributed by atoms with Crippen LogP contribution >= 0.6 is 0 Å². The second kappa shape index (κ2) is 7.59. The molecule has 0 atom stereocenters. The zero-order valence-corrected chi connectivity index (χ0v) is 15.7. The van der Waals surface area contributed by atoms with E-state index in [4.69, 9.17) is 9.15 Å². The molecule has 3 rings (SSSR count). The van der Waals surface area contributed by atoms with E-state index >= 15 is 0 Å². The average Bonchev–Trinajstić information content (AvgIpc) is 3.05. The monoisotopic (exact) mass is 378 g/mol. The maximum atomic E-state index is 13.1. The standard InChI is InChI=1S/C18H22N2O5S/c1-3-24-18(21)15-9-11-20(12-10-15)26(22,23)17-16(25-13(2)19-17)14-7-5-4-6-8-14/h4-8,15H,3,9-12H2,1-2H3. The van der Waals surface area contributed by atoms with E-state index in [0.717, 1.165) is 0 Å². The largest absolute Gasteiger partial charge is 0.466 e. The fraction of sp³-hybridized carbons (Fsp3) is 0.444. The number of carbonyl (C=O) groups is 1. The van der Waals surface area contributed by atoms with Crippen LogP contribution in [0.4, 0.5) is 0 Å². The van der Waals surface area contributed by atoms with Crippen molar-refractivity contribution in [3.63, 3.8) is 0 Å². The van der Waals surface area contributed by atoms with Gasteiger partial charge in [0.05, 0.1) is 12.5 Å². The quantitative estimate of drug-likeness (QED) is 0.743. The van der Waals surface area contributed by atoms with Crippen LogP contribution in [0.15, 0.2) is 39.8 Å². The Hall–Kier alpha value is -2.19. The number of aromatic nitrogens is 1. The van der Waals surface area contributed by atoms with Crippen LogP contribution in [0.1, 0.15) is 25.7 Å². The molecule has 2 heterocycles. The maximum absolute atomic E-state index is 13.1. The van der Waals surface area contributed by atoms with Crippen molar-refractivity contribution in [2.75, 3.05) is 19.7 Å². The lowest BCUT2D eigenvalue weighted by molar-refractivity contribution is -0.149. The predicted octanol–water partition coefficient (Wildman–Crippen LogP) is 2.61. The van der Waals surface area contributed by atoms with Crippen LogP contribution in [0, 0.1) is 12.8 Å². The number of piperidine rings is 1.